The van der Waals surface area contributed by atoms with Crippen LogP contribution in [0.5, 0.6) is 0 Å². The highest BCUT2D eigenvalue weighted by Gasteiger charge is 2.46. The molecule has 1 heterocycles. The van der Waals surface area contributed by atoms with Crippen LogP contribution in [0.1, 0.15) is 44.9 Å². The predicted octanol–water partition coefficient (Wildman–Crippen LogP) is 13.6. The highest BCUT2D eigenvalue weighted by atomic mass is 14.7. The molecule has 0 saturated carbocycles. The third-order valence-corrected chi connectivity index (χ3v) is 12.0. The zero-order valence-electron chi connectivity index (χ0n) is 30.8. The summed E-state index contributed by atoms with van der Waals surface area (Å²) in [5, 5.41) is 0. The van der Waals surface area contributed by atoms with Crippen molar-refractivity contribution in [3.63, 3.8) is 0 Å². The van der Waals surface area contributed by atoms with E-state index in [4.69, 9.17) is 4.98 Å². The first-order chi connectivity index (χ1) is 27.8. The van der Waals surface area contributed by atoms with Crippen LogP contribution in [0.15, 0.2) is 218 Å². The Kier molecular flexibility index (Phi) is 7.53. The molecule has 0 aliphatic heterocycles. The zero-order chi connectivity index (χ0) is 37.1. The molecular formula is C55H37N. The van der Waals surface area contributed by atoms with Gasteiger partial charge in [0.2, 0.25) is 0 Å². The molecule has 0 fully saturated rings. The summed E-state index contributed by atoms with van der Waals surface area (Å²) in [6, 6.07) is 80.0. The third-order valence-electron chi connectivity index (χ3n) is 12.0. The Balaban J connectivity index is 1.12. The molecule has 0 spiro atoms. The van der Waals surface area contributed by atoms with E-state index in [2.05, 4.69) is 218 Å². The summed E-state index contributed by atoms with van der Waals surface area (Å²) in [4.78, 5) is 5.39. The number of benzene rings is 8. The standard InChI is InChI=1S/C55H37N/c1-5-17-37(18-6-1)52-35-41(36-53(56-52)40-30-32-48-49(33-40)44-25-13-14-27-47(44)54(48)38-19-7-2-8-20-38)39-29-31-46-45-26-15-16-28-50(45)55(51(46)34-39,42-21-9-3-10-22-42)43-23-11-4-12-24-43/h1-36,54H. The SMILES string of the molecule is c1ccc(-c2cc(-c3ccc4c(c3)C(c3ccccc3)(c3ccccc3)c3ccccc3-4)cc(-c3ccc4c(c3)-c3ccccc3C4c3ccccc3)n2)cc1. The van der Waals surface area contributed by atoms with E-state index >= 15 is 0 Å². The van der Waals surface area contributed by atoms with Gasteiger partial charge in [0.25, 0.3) is 0 Å². The number of fused-ring (bicyclic) bond motifs is 6. The van der Waals surface area contributed by atoms with Gasteiger partial charge in [-0.15, -0.1) is 0 Å². The van der Waals surface area contributed by atoms with Crippen molar-refractivity contribution in [3.05, 3.63) is 257 Å². The van der Waals surface area contributed by atoms with Crippen LogP contribution < -0.4 is 0 Å². The Morgan fingerprint density at radius 2 is 0.857 bits per heavy atom. The summed E-state index contributed by atoms with van der Waals surface area (Å²) < 4.78 is 0. The maximum absolute atomic E-state index is 5.39. The third kappa shape index (κ3) is 4.98. The van der Waals surface area contributed by atoms with Gasteiger partial charge in [0.15, 0.2) is 0 Å². The fourth-order valence-electron chi connectivity index (χ4n) is 9.59. The van der Waals surface area contributed by atoms with Crippen molar-refractivity contribution in [1.29, 1.82) is 0 Å². The minimum Gasteiger partial charge on any atom is -0.248 e. The van der Waals surface area contributed by atoms with Crippen LogP contribution in [0.4, 0.5) is 0 Å². The van der Waals surface area contributed by atoms with Gasteiger partial charge in [-0.25, -0.2) is 4.98 Å². The normalized spacial score (nSPS) is 14.4. The number of hydrogen-bond acceptors (Lipinski definition) is 1. The van der Waals surface area contributed by atoms with E-state index in [9.17, 15) is 0 Å². The van der Waals surface area contributed by atoms with Crippen LogP contribution >= 0.6 is 0 Å². The van der Waals surface area contributed by atoms with Crippen molar-refractivity contribution in [2.75, 3.05) is 0 Å². The van der Waals surface area contributed by atoms with Gasteiger partial charge in [0.1, 0.15) is 0 Å². The van der Waals surface area contributed by atoms with Gasteiger partial charge < -0.3 is 0 Å². The smallest absolute Gasteiger partial charge is 0.0715 e. The van der Waals surface area contributed by atoms with Crippen LogP contribution in [-0.4, -0.2) is 4.98 Å². The van der Waals surface area contributed by atoms with Crippen LogP contribution in [0.25, 0.3) is 55.9 Å². The van der Waals surface area contributed by atoms with Gasteiger partial charge in [0, 0.05) is 17.0 Å². The van der Waals surface area contributed by atoms with E-state index in [-0.39, 0.29) is 5.92 Å². The van der Waals surface area contributed by atoms with E-state index in [0.717, 1.165) is 28.1 Å². The summed E-state index contributed by atoms with van der Waals surface area (Å²) in [7, 11) is 0. The Morgan fingerprint density at radius 1 is 0.321 bits per heavy atom. The lowest BCUT2D eigenvalue weighted by atomic mass is 9.67. The molecule has 9 aromatic rings. The first kappa shape index (κ1) is 32.3. The Labute approximate surface area is 328 Å². The number of aromatic nitrogens is 1. The van der Waals surface area contributed by atoms with Crippen LogP contribution in [0.3, 0.4) is 0 Å². The molecule has 1 unspecified atom stereocenters. The van der Waals surface area contributed by atoms with Gasteiger partial charge in [-0.3, -0.25) is 0 Å². The maximum Gasteiger partial charge on any atom is 0.0715 e. The van der Waals surface area contributed by atoms with Gasteiger partial charge in [-0.05, 0) is 96.6 Å². The second-order valence-electron chi connectivity index (χ2n) is 15.0. The van der Waals surface area contributed by atoms with E-state index in [1.54, 1.807) is 0 Å². The second-order valence-corrected chi connectivity index (χ2v) is 15.0. The zero-order valence-corrected chi connectivity index (χ0v) is 30.8. The van der Waals surface area contributed by atoms with Crippen LogP contribution in [0.2, 0.25) is 0 Å². The monoisotopic (exact) mass is 711 g/mol. The predicted molar refractivity (Wildman–Crippen MR) is 231 cm³/mol. The Hall–Kier alpha value is -7.09. The van der Waals surface area contributed by atoms with Crippen LogP contribution in [0, 0.1) is 0 Å². The molecule has 0 amide bonds. The number of pyridine rings is 1. The van der Waals surface area contributed by atoms with Gasteiger partial charge >= 0.3 is 0 Å². The fraction of sp³-hybridized carbons (Fsp3) is 0.0364. The summed E-state index contributed by atoms with van der Waals surface area (Å²) in [6.07, 6.45) is 0. The molecule has 56 heavy (non-hydrogen) atoms. The molecule has 11 rings (SSSR count). The molecule has 8 aromatic carbocycles. The van der Waals surface area contributed by atoms with Crippen molar-refractivity contribution in [2.45, 2.75) is 11.3 Å². The highest BCUT2D eigenvalue weighted by Crippen LogP contribution is 2.57. The van der Waals surface area contributed by atoms with Gasteiger partial charge in [-0.1, -0.05) is 194 Å². The first-order valence-corrected chi connectivity index (χ1v) is 19.5. The topological polar surface area (TPSA) is 12.9 Å². The van der Waals surface area contributed by atoms with Crippen molar-refractivity contribution < 1.29 is 0 Å². The number of nitrogens with zero attached hydrogens (tertiary/aromatic N) is 1. The molecule has 262 valence electrons. The molecule has 0 radical (unpaired) electrons. The molecule has 1 aromatic heterocycles. The lowest BCUT2D eigenvalue weighted by Crippen LogP contribution is -2.28. The summed E-state index contributed by atoms with van der Waals surface area (Å²) in [5.74, 6) is 0.209. The molecule has 2 aliphatic rings. The first-order valence-electron chi connectivity index (χ1n) is 19.5. The summed E-state index contributed by atoms with van der Waals surface area (Å²) >= 11 is 0. The quantitative estimate of drug-likeness (QED) is 0.167. The molecule has 1 atom stereocenters. The average Bonchev–Trinajstić information content (AvgIpc) is 3.77. The second kappa shape index (κ2) is 13.0. The number of hydrogen-bond donors (Lipinski definition) is 0. The average molecular weight is 712 g/mol. The minimum absolute atomic E-state index is 0.209. The largest absolute Gasteiger partial charge is 0.248 e. The summed E-state index contributed by atoms with van der Waals surface area (Å²) in [5.41, 5.74) is 20.3. The number of rotatable bonds is 6. The van der Waals surface area contributed by atoms with Crippen LogP contribution in [-0.2, 0) is 5.41 Å². The van der Waals surface area contributed by atoms with Gasteiger partial charge in [0.05, 0.1) is 16.8 Å². The van der Waals surface area contributed by atoms with E-state index in [0.29, 0.717) is 0 Å². The lowest BCUT2D eigenvalue weighted by molar-refractivity contribution is 0.769. The van der Waals surface area contributed by atoms with E-state index in [1.807, 2.05) is 0 Å². The van der Waals surface area contributed by atoms with E-state index < -0.39 is 5.41 Å². The van der Waals surface area contributed by atoms with Crippen molar-refractivity contribution in [3.8, 4) is 55.9 Å². The highest BCUT2D eigenvalue weighted by molar-refractivity contribution is 5.90. The van der Waals surface area contributed by atoms with Crippen molar-refractivity contribution in [1.82, 2.24) is 4.98 Å². The molecule has 1 nitrogen and oxygen atoms in total. The molecule has 2 aliphatic carbocycles. The fourth-order valence-corrected chi connectivity index (χ4v) is 9.59. The van der Waals surface area contributed by atoms with Gasteiger partial charge in [-0.2, -0.15) is 0 Å². The molecule has 0 saturated heterocycles. The maximum atomic E-state index is 5.39. The molecule has 0 N–H and O–H groups in total. The van der Waals surface area contributed by atoms with Crippen molar-refractivity contribution >= 4 is 0 Å². The Bertz CT molecular complexity index is 2850. The lowest BCUT2D eigenvalue weighted by Gasteiger charge is -2.34. The molecule has 0 bridgehead atoms. The minimum atomic E-state index is -0.467. The molecule has 1 heteroatoms. The Morgan fingerprint density at radius 3 is 1.57 bits per heavy atom. The van der Waals surface area contributed by atoms with Crippen molar-refractivity contribution in [2.24, 2.45) is 0 Å². The van der Waals surface area contributed by atoms with E-state index in [1.165, 1.54) is 66.8 Å². The summed E-state index contributed by atoms with van der Waals surface area (Å²) in [6.45, 7) is 0. The molecular weight excluding hydrogens is 675 g/mol.